The van der Waals surface area contributed by atoms with Crippen molar-refractivity contribution in [3.63, 3.8) is 0 Å². The van der Waals surface area contributed by atoms with Crippen molar-refractivity contribution in [2.24, 2.45) is 11.7 Å². The molecule has 2 aromatic carbocycles. The van der Waals surface area contributed by atoms with Gasteiger partial charge in [0.1, 0.15) is 5.75 Å². The molecule has 1 saturated heterocycles. The molecule has 0 spiro atoms. The van der Waals surface area contributed by atoms with Gasteiger partial charge < -0.3 is 20.5 Å². The molecule has 1 atom stereocenters. The highest BCUT2D eigenvalue weighted by atomic mass is 35.5. The Morgan fingerprint density at radius 1 is 1.22 bits per heavy atom. The first-order chi connectivity index (χ1) is 12.7. The van der Waals surface area contributed by atoms with Gasteiger partial charge in [0.25, 0.3) is 0 Å². The van der Waals surface area contributed by atoms with Crippen molar-refractivity contribution in [3.8, 4) is 5.75 Å². The second kappa shape index (κ2) is 10.3. The molecule has 1 heterocycles. The van der Waals surface area contributed by atoms with Gasteiger partial charge in [0.05, 0.1) is 13.2 Å². The third-order valence-corrected chi connectivity index (χ3v) is 4.86. The third-order valence-electron chi connectivity index (χ3n) is 4.86. The van der Waals surface area contributed by atoms with Gasteiger partial charge >= 0.3 is 0 Å². The predicted molar refractivity (Wildman–Crippen MR) is 110 cm³/mol. The number of nitrogens with one attached hydrogen (secondary N) is 1. The van der Waals surface area contributed by atoms with Crippen molar-refractivity contribution < 1.29 is 14.3 Å². The smallest absolute Gasteiger partial charge is 0.241 e. The van der Waals surface area contributed by atoms with Crippen molar-refractivity contribution >= 4 is 24.0 Å². The Morgan fingerprint density at radius 3 is 2.59 bits per heavy atom. The zero-order valence-electron chi connectivity index (χ0n) is 15.5. The zero-order chi connectivity index (χ0) is 18.4. The normalized spacial score (nSPS) is 15.5. The number of hydrogen-bond donors (Lipinski definition) is 2. The number of rotatable bonds is 6. The number of anilines is 1. The van der Waals surface area contributed by atoms with Crippen molar-refractivity contribution in [2.45, 2.75) is 25.3 Å². The Bertz CT molecular complexity index is 733. The zero-order valence-corrected chi connectivity index (χ0v) is 16.3. The lowest BCUT2D eigenvalue weighted by molar-refractivity contribution is -0.119. The minimum atomic E-state index is -0.515. The molecular formula is C21H27ClN2O3. The molecule has 0 bridgehead atoms. The summed E-state index contributed by atoms with van der Waals surface area (Å²) in [5.41, 5.74) is 9.12. The van der Waals surface area contributed by atoms with E-state index in [0.717, 1.165) is 36.3 Å². The predicted octanol–water partition coefficient (Wildman–Crippen LogP) is 3.40. The first-order valence-electron chi connectivity index (χ1n) is 9.02. The van der Waals surface area contributed by atoms with Crippen LogP contribution in [0, 0.1) is 5.92 Å². The minimum absolute atomic E-state index is 0. The lowest BCUT2D eigenvalue weighted by atomic mass is 9.92. The van der Waals surface area contributed by atoms with Crippen LogP contribution in [0.3, 0.4) is 0 Å². The van der Waals surface area contributed by atoms with Crippen LogP contribution in [0.4, 0.5) is 5.69 Å². The van der Waals surface area contributed by atoms with E-state index in [4.69, 9.17) is 15.2 Å². The van der Waals surface area contributed by atoms with E-state index >= 15 is 0 Å². The lowest BCUT2D eigenvalue weighted by Gasteiger charge is -2.26. The van der Waals surface area contributed by atoms with Crippen molar-refractivity contribution in [3.05, 3.63) is 59.7 Å². The van der Waals surface area contributed by atoms with Gasteiger partial charge in [-0.3, -0.25) is 4.79 Å². The highest BCUT2D eigenvalue weighted by Gasteiger charge is 2.26. The maximum Gasteiger partial charge on any atom is 0.241 e. The van der Waals surface area contributed by atoms with Crippen molar-refractivity contribution in [2.75, 3.05) is 25.6 Å². The number of amides is 1. The molecule has 2 aromatic rings. The summed E-state index contributed by atoms with van der Waals surface area (Å²) < 4.78 is 10.8. The number of carbonyl (C=O) groups excluding carboxylic acids is 1. The van der Waals surface area contributed by atoms with E-state index in [1.54, 1.807) is 7.11 Å². The fourth-order valence-corrected chi connectivity index (χ4v) is 3.32. The van der Waals surface area contributed by atoms with Crippen LogP contribution in [-0.4, -0.2) is 32.3 Å². The number of benzene rings is 2. The van der Waals surface area contributed by atoms with Crippen LogP contribution in [0.15, 0.2) is 48.5 Å². The van der Waals surface area contributed by atoms with Gasteiger partial charge in [0, 0.05) is 30.9 Å². The summed E-state index contributed by atoms with van der Waals surface area (Å²) in [6, 6.07) is 15.3. The quantitative estimate of drug-likeness (QED) is 0.792. The van der Waals surface area contributed by atoms with Gasteiger partial charge in [-0.05, 0) is 42.5 Å². The molecule has 27 heavy (non-hydrogen) atoms. The average Bonchev–Trinajstić information content (AvgIpc) is 2.69. The Kier molecular flexibility index (Phi) is 8.10. The fraction of sp³-hybridized carbons (Fsp3) is 0.381. The van der Waals surface area contributed by atoms with Crippen molar-refractivity contribution in [1.29, 1.82) is 0 Å². The number of ether oxygens (including phenoxy) is 2. The van der Waals surface area contributed by atoms with E-state index < -0.39 is 6.04 Å². The summed E-state index contributed by atoms with van der Waals surface area (Å²) in [6.45, 7) is 1.35. The molecule has 3 N–H and O–H groups in total. The maximum absolute atomic E-state index is 12.5. The van der Waals surface area contributed by atoms with Crippen LogP contribution in [0.25, 0.3) is 0 Å². The standard InChI is InChI=1S/C21H26N2O3.ClH/c1-25-19-8-7-18(14-17(19)13-15-5-3-2-4-6-15)23-21(24)20(22)16-9-11-26-12-10-16;/h2-8,14,16,20H,9-13,22H2,1H3,(H,23,24);1H. The van der Waals surface area contributed by atoms with E-state index in [2.05, 4.69) is 17.4 Å². The molecule has 0 aromatic heterocycles. The summed E-state index contributed by atoms with van der Waals surface area (Å²) in [6.07, 6.45) is 2.40. The number of hydrogen-bond acceptors (Lipinski definition) is 4. The van der Waals surface area contributed by atoms with Crippen LogP contribution in [-0.2, 0) is 16.0 Å². The van der Waals surface area contributed by atoms with E-state index in [1.807, 2.05) is 36.4 Å². The summed E-state index contributed by atoms with van der Waals surface area (Å²) in [5.74, 6) is 0.832. The maximum atomic E-state index is 12.5. The topological polar surface area (TPSA) is 73.6 Å². The third kappa shape index (κ3) is 5.70. The van der Waals surface area contributed by atoms with Gasteiger partial charge in [-0.2, -0.15) is 0 Å². The second-order valence-corrected chi connectivity index (χ2v) is 6.65. The SMILES string of the molecule is COc1ccc(NC(=O)C(N)C2CCOCC2)cc1Cc1ccccc1.Cl. The molecule has 1 amide bonds. The van der Waals surface area contributed by atoms with E-state index in [1.165, 1.54) is 5.56 Å². The molecule has 6 heteroatoms. The number of nitrogens with two attached hydrogens (primary N) is 1. The molecular weight excluding hydrogens is 364 g/mol. The Balaban J connectivity index is 0.00000261. The first kappa shape index (κ1) is 21.2. The highest BCUT2D eigenvalue weighted by Crippen LogP contribution is 2.26. The molecule has 0 saturated carbocycles. The van der Waals surface area contributed by atoms with E-state index in [0.29, 0.717) is 13.2 Å². The number of methoxy groups -OCH3 is 1. The minimum Gasteiger partial charge on any atom is -0.496 e. The van der Waals surface area contributed by atoms with Crippen LogP contribution >= 0.6 is 12.4 Å². The summed E-state index contributed by atoms with van der Waals surface area (Å²) in [7, 11) is 1.66. The Labute approximate surface area is 166 Å². The summed E-state index contributed by atoms with van der Waals surface area (Å²) in [4.78, 5) is 12.5. The van der Waals surface area contributed by atoms with Gasteiger partial charge in [0.2, 0.25) is 5.91 Å². The molecule has 1 fully saturated rings. The van der Waals surface area contributed by atoms with Gasteiger partial charge in [-0.1, -0.05) is 30.3 Å². The number of halogens is 1. The van der Waals surface area contributed by atoms with Gasteiger partial charge in [0.15, 0.2) is 0 Å². The van der Waals surface area contributed by atoms with Crippen LogP contribution < -0.4 is 15.8 Å². The lowest BCUT2D eigenvalue weighted by Crippen LogP contribution is -2.44. The molecule has 1 unspecified atom stereocenters. The van der Waals surface area contributed by atoms with Crippen LogP contribution in [0.2, 0.25) is 0 Å². The first-order valence-corrected chi connectivity index (χ1v) is 9.02. The average molecular weight is 391 g/mol. The fourth-order valence-electron chi connectivity index (χ4n) is 3.32. The largest absolute Gasteiger partial charge is 0.496 e. The number of carbonyl (C=O) groups is 1. The van der Waals surface area contributed by atoms with Crippen LogP contribution in [0.1, 0.15) is 24.0 Å². The van der Waals surface area contributed by atoms with Crippen molar-refractivity contribution in [1.82, 2.24) is 0 Å². The summed E-state index contributed by atoms with van der Waals surface area (Å²) in [5, 5.41) is 2.96. The second-order valence-electron chi connectivity index (χ2n) is 6.65. The highest BCUT2D eigenvalue weighted by molar-refractivity contribution is 5.95. The van der Waals surface area contributed by atoms with E-state index in [9.17, 15) is 4.79 Å². The molecule has 146 valence electrons. The Morgan fingerprint density at radius 2 is 1.93 bits per heavy atom. The van der Waals surface area contributed by atoms with Gasteiger partial charge in [-0.25, -0.2) is 0 Å². The molecule has 1 aliphatic rings. The van der Waals surface area contributed by atoms with Gasteiger partial charge in [-0.15, -0.1) is 12.4 Å². The molecule has 5 nitrogen and oxygen atoms in total. The van der Waals surface area contributed by atoms with E-state index in [-0.39, 0.29) is 24.2 Å². The molecule has 0 radical (unpaired) electrons. The monoisotopic (exact) mass is 390 g/mol. The molecule has 3 rings (SSSR count). The van der Waals surface area contributed by atoms with Crippen LogP contribution in [0.5, 0.6) is 5.75 Å². The Hall–Kier alpha value is -2.08. The molecule has 1 aliphatic heterocycles. The summed E-state index contributed by atoms with van der Waals surface area (Å²) >= 11 is 0. The molecule has 0 aliphatic carbocycles.